The fourth-order valence-electron chi connectivity index (χ4n) is 1.54. The minimum absolute atomic E-state index is 0.0310. The third-order valence-electron chi connectivity index (χ3n) is 2.63. The van der Waals surface area contributed by atoms with Gasteiger partial charge in [-0.15, -0.1) is 10.2 Å². The van der Waals surface area contributed by atoms with Gasteiger partial charge in [0.2, 0.25) is 5.89 Å². The Morgan fingerprint density at radius 1 is 1.30 bits per heavy atom. The molecule has 0 aliphatic carbocycles. The number of carbonyl (C=O) groups is 1. The van der Waals surface area contributed by atoms with Crippen LogP contribution < -0.4 is 10.1 Å². The molecule has 0 unspecified atom stereocenters. The molecule has 1 amide bonds. The van der Waals surface area contributed by atoms with Crippen molar-refractivity contribution in [3.05, 3.63) is 30.2 Å². The van der Waals surface area contributed by atoms with Crippen LogP contribution in [0, 0.1) is 5.92 Å². The van der Waals surface area contributed by atoms with Crippen LogP contribution in [0.2, 0.25) is 0 Å². The van der Waals surface area contributed by atoms with Gasteiger partial charge >= 0.3 is 11.8 Å². The normalized spacial score (nSPS) is 10.6. The van der Waals surface area contributed by atoms with Crippen molar-refractivity contribution in [3.63, 3.8) is 0 Å². The fourth-order valence-corrected chi connectivity index (χ4v) is 1.54. The number of carbonyl (C=O) groups excluding carboxylic acids is 1. The highest BCUT2D eigenvalue weighted by atomic mass is 16.5. The lowest BCUT2D eigenvalue weighted by molar-refractivity contribution is 0.0915. The van der Waals surface area contributed by atoms with E-state index in [0.29, 0.717) is 18.4 Å². The summed E-state index contributed by atoms with van der Waals surface area (Å²) in [7, 11) is 1.60. The first-order valence-electron chi connectivity index (χ1n) is 6.36. The second-order valence-corrected chi connectivity index (χ2v) is 4.74. The Hall–Kier alpha value is -2.37. The smallest absolute Gasteiger partial charge is 0.308 e. The van der Waals surface area contributed by atoms with Crippen molar-refractivity contribution < 1.29 is 13.9 Å². The van der Waals surface area contributed by atoms with Crippen molar-refractivity contribution in [3.8, 4) is 17.2 Å². The van der Waals surface area contributed by atoms with Gasteiger partial charge in [0.1, 0.15) is 5.75 Å². The van der Waals surface area contributed by atoms with E-state index in [1.54, 1.807) is 31.4 Å². The molecule has 6 nitrogen and oxygen atoms in total. The Morgan fingerprint density at radius 3 is 2.60 bits per heavy atom. The molecule has 20 heavy (non-hydrogen) atoms. The van der Waals surface area contributed by atoms with Crippen LogP contribution in [0.5, 0.6) is 5.75 Å². The molecule has 1 aromatic carbocycles. The number of rotatable bonds is 5. The maximum atomic E-state index is 11.8. The summed E-state index contributed by atoms with van der Waals surface area (Å²) in [6.07, 6.45) is 0. The molecule has 2 aromatic rings. The topological polar surface area (TPSA) is 77.2 Å². The Kier molecular flexibility index (Phi) is 4.34. The Bertz CT molecular complexity index is 576. The average Bonchev–Trinajstić information content (AvgIpc) is 2.94. The van der Waals surface area contributed by atoms with E-state index < -0.39 is 0 Å². The highest BCUT2D eigenvalue weighted by Gasteiger charge is 2.15. The summed E-state index contributed by atoms with van der Waals surface area (Å²) >= 11 is 0. The van der Waals surface area contributed by atoms with Gasteiger partial charge in [-0.25, -0.2) is 0 Å². The molecule has 0 saturated heterocycles. The van der Waals surface area contributed by atoms with Crippen LogP contribution in [-0.4, -0.2) is 29.8 Å². The zero-order valence-corrected chi connectivity index (χ0v) is 11.7. The molecular formula is C14H17N3O3. The van der Waals surface area contributed by atoms with E-state index in [1.807, 2.05) is 13.8 Å². The predicted octanol–water partition coefficient (Wildman–Crippen LogP) is 2.13. The predicted molar refractivity (Wildman–Crippen MR) is 73.5 cm³/mol. The molecule has 6 heteroatoms. The Balaban J connectivity index is 2.09. The van der Waals surface area contributed by atoms with Crippen molar-refractivity contribution in [2.45, 2.75) is 13.8 Å². The van der Waals surface area contributed by atoms with Gasteiger partial charge in [0.25, 0.3) is 0 Å². The zero-order chi connectivity index (χ0) is 14.5. The van der Waals surface area contributed by atoms with Gasteiger partial charge in [0.15, 0.2) is 0 Å². The van der Waals surface area contributed by atoms with Gasteiger partial charge < -0.3 is 14.5 Å². The first kappa shape index (κ1) is 14.0. The Morgan fingerprint density at radius 2 is 2.00 bits per heavy atom. The third-order valence-corrected chi connectivity index (χ3v) is 2.63. The van der Waals surface area contributed by atoms with Crippen LogP contribution in [0.3, 0.4) is 0 Å². The van der Waals surface area contributed by atoms with Gasteiger partial charge in [-0.2, -0.15) is 0 Å². The second kappa shape index (κ2) is 6.18. The van der Waals surface area contributed by atoms with Gasteiger partial charge in [-0.05, 0) is 30.2 Å². The first-order valence-corrected chi connectivity index (χ1v) is 6.36. The molecule has 0 aliphatic heterocycles. The molecule has 0 atom stereocenters. The average molecular weight is 275 g/mol. The largest absolute Gasteiger partial charge is 0.497 e. The van der Waals surface area contributed by atoms with Gasteiger partial charge in [-0.3, -0.25) is 4.79 Å². The summed E-state index contributed by atoms with van der Waals surface area (Å²) in [6, 6.07) is 7.17. The number of hydrogen-bond donors (Lipinski definition) is 1. The lowest BCUT2D eigenvalue weighted by Crippen LogP contribution is -2.27. The van der Waals surface area contributed by atoms with Crippen LogP contribution in [0.1, 0.15) is 24.5 Å². The summed E-state index contributed by atoms with van der Waals surface area (Å²) in [5.41, 5.74) is 0.737. The monoisotopic (exact) mass is 275 g/mol. The molecule has 0 aliphatic rings. The number of nitrogens with zero attached hydrogens (tertiary/aromatic N) is 2. The number of methoxy groups -OCH3 is 1. The quantitative estimate of drug-likeness (QED) is 0.904. The van der Waals surface area contributed by atoms with E-state index in [1.165, 1.54) is 0 Å². The number of hydrogen-bond acceptors (Lipinski definition) is 5. The minimum Gasteiger partial charge on any atom is -0.497 e. The number of nitrogens with one attached hydrogen (secondary N) is 1. The zero-order valence-electron chi connectivity index (χ0n) is 11.7. The standard InChI is InChI=1S/C14H17N3O3/c1-9(2)8-15-12(18)14-17-16-13(20-14)10-4-6-11(19-3)7-5-10/h4-7,9H,8H2,1-3H3,(H,15,18). The van der Waals surface area contributed by atoms with Crippen LogP contribution in [-0.2, 0) is 0 Å². The van der Waals surface area contributed by atoms with E-state index in [9.17, 15) is 4.79 Å². The molecule has 0 saturated carbocycles. The van der Waals surface area contributed by atoms with E-state index in [4.69, 9.17) is 9.15 Å². The number of benzene rings is 1. The van der Waals surface area contributed by atoms with E-state index in [2.05, 4.69) is 15.5 Å². The SMILES string of the molecule is COc1ccc(-c2nnc(C(=O)NCC(C)C)o2)cc1. The fraction of sp³-hybridized carbons (Fsp3) is 0.357. The molecular weight excluding hydrogens is 258 g/mol. The van der Waals surface area contributed by atoms with Gasteiger partial charge in [0.05, 0.1) is 7.11 Å². The lowest BCUT2D eigenvalue weighted by atomic mass is 10.2. The maximum Gasteiger partial charge on any atom is 0.308 e. The van der Waals surface area contributed by atoms with Crippen LogP contribution in [0.25, 0.3) is 11.5 Å². The minimum atomic E-state index is -0.356. The molecule has 1 heterocycles. The summed E-state index contributed by atoms with van der Waals surface area (Å²) in [5.74, 6) is 1.02. The van der Waals surface area contributed by atoms with E-state index >= 15 is 0 Å². The number of amides is 1. The molecule has 2 rings (SSSR count). The lowest BCUT2D eigenvalue weighted by Gasteiger charge is -2.04. The van der Waals surface area contributed by atoms with Crippen molar-refractivity contribution in [1.82, 2.24) is 15.5 Å². The molecule has 0 spiro atoms. The molecule has 1 aromatic heterocycles. The van der Waals surface area contributed by atoms with Crippen LogP contribution >= 0.6 is 0 Å². The van der Waals surface area contributed by atoms with Crippen LogP contribution in [0.15, 0.2) is 28.7 Å². The third kappa shape index (κ3) is 3.34. The van der Waals surface area contributed by atoms with Gasteiger partial charge in [-0.1, -0.05) is 13.8 Å². The summed E-state index contributed by atoms with van der Waals surface area (Å²) in [5, 5.41) is 10.4. The first-order chi connectivity index (χ1) is 9.60. The molecule has 0 bridgehead atoms. The highest BCUT2D eigenvalue weighted by molar-refractivity contribution is 5.89. The van der Waals surface area contributed by atoms with Crippen molar-refractivity contribution in [2.75, 3.05) is 13.7 Å². The molecule has 0 radical (unpaired) electrons. The van der Waals surface area contributed by atoms with Gasteiger partial charge in [0, 0.05) is 12.1 Å². The van der Waals surface area contributed by atoms with E-state index in [-0.39, 0.29) is 11.8 Å². The molecule has 0 fully saturated rings. The van der Waals surface area contributed by atoms with Crippen molar-refractivity contribution in [2.24, 2.45) is 5.92 Å². The summed E-state index contributed by atoms with van der Waals surface area (Å²) in [6.45, 7) is 4.59. The summed E-state index contributed by atoms with van der Waals surface area (Å²) in [4.78, 5) is 11.8. The van der Waals surface area contributed by atoms with Crippen LogP contribution in [0.4, 0.5) is 0 Å². The van der Waals surface area contributed by atoms with Crippen molar-refractivity contribution in [1.29, 1.82) is 0 Å². The second-order valence-electron chi connectivity index (χ2n) is 4.74. The number of aromatic nitrogens is 2. The van der Waals surface area contributed by atoms with E-state index in [0.717, 1.165) is 11.3 Å². The molecule has 1 N–H and O–H groups in total. The summed E-state index contributed by atoms with van der Waals surface area (Å²) < 4.78 is 10.4. The number of ether oxygens (including phenoxy) is 1. The molecule has 106 valence electrons. The maximum absolute atomic E-state index is 11.8. The Labute approximate surface area is 117 Å². The highest BCUT2D eigenvalue weighted by Crippen LogP contribution is 2.21. The van der Waals surface area contributed by atoms with Crippen molar-refractivity contribution >= 4 is 5.91 Å².